The monoisotopic (exact) mass is 303 g/mol. The van der Waals surface area contributed by atoms with E-state index >= 15 is 0 Å². The molecule has 2 rings (SSSR count). The quantitative estimate of drug-likeness (QED) is 0.740. The van der Waals surface area contributed by atoms with Gasteiger partial charge in [-0.2, -0.15) is 0 Å². The van der Waals surface area contributed by atoms with E-state index < -0.39 is 0 Å². The largest absolute Gasteiger partial charge is 0.455 e. The Morgan fingerprint density at radius 3 is 2.64 bits per heavy atom. The van der Waals surface area contributed by atoms with Crippen LogP contribution in [0.4, 0.5) is 0 Å². The summed E-state index contributed by atoms with van der Waals surface area (Å²) in [6, 6.07) is 9.38. The lowest BCUT2D eigenvalue weighted by molar-refractivity contribution is -0.0822. The van der Waals surface area contributed by atoms with E-state index in [1.54, 1.807) is 0 Å². The second-order valence-corrected chi connectivity index (χ2v) is 6.78. The maximum Gasteiger partial charge on any atom is 0.338 e. The van der Waals surface area contributed by atoms with Gasteiger partial charge in [-0.25, -0.2) is 4.79 Å². The first-order valence-electron chi connectivity index (χ1n) is 8.50. The third kappa shape index (κ3) is 4.10. The zero-order chi connectivity index (χ0) is 16.0. The first kappa shape index (κ1) is 17.0. The van der Waals surface area contributed by atoms with Crippen LogP contribution in [0.5, 0.6) is 0 Å². The molecule has 2 unspecified atom stereocenters. The SMILES string of the molecule is CCCC1(OC(=O)c2ccccc2)CCCCC1CN(C)C. The summed E-state index contributed by atoms with van der Waals surface area (Å²) in [6.07, 6.45) is 6.56. The van der Waals surface area contributed by atoms with Gasteiger partial charge in [-0.05, 0) is 51.9 Å². The summed E-state index contributed by atoms with van der Waals surface area (Å²) in [4.78, 5) is 14.8. The van der Waals surface area contributed by atoms with Gasteiger partial charge in [0.1, 0.15) is 5.60 Å². The third-order valence-corrected chi connectivity index (χ3v) is 4.71. The molecule has 3 heteroatoms. The second kappa shape index (κ2) is 7.77. The number of benzene rings is 1. The molecule has 22 heavy (non-hydrogen) atoms. The van der Waals surface area contributed by atoms with Gasteiger partial charge in [0.25, 0.3) is 0 Å². The molecule has 0 aromatic heterocycles. The first-order valence-corrected chi connectivity index (χ1v) is 8.50. The Labute approximate surface area is 134 Å². The maximum absolute atomic E-state index is 12.6. The van der Waals surface area contributed by atoms with E-state index in [4.69, 9.17) is 4.74 Å². The number of esters is 1. The fourth-order valence-electron chi connectivity index (χ4n) is 3.74. The summed E-state index contributed by atoms with van der Waals surface area (Å²) in [5.74, 6) is 0.267. The fourth-order valence-corrected chi connectivity index (χ4v) is 3.74. The van der Waals surface area contributed by atoms with E-state index in [9.17, 15) is 4.79 Å². The molecule has 0 bridgehead atoms. The van der Waals surface area contributed by atoms with Gasteiger partial charge in [-0.3, -0.25) is 0 Å². The van der Waals surface area contributed by atoms with Crippen LogP contribution >= 0.6 is 0 Å². The summed E-state index contributed by atoms with van der Waals surface area (Å²) in [6.45, 7) is 3.17. The smallest absolute Gasteiger partial charge is 0.338 e. The second-order valence-electron chi connectivity index (χ2n) is 6.78. The van der Waals surface area contributed by atoms with Crippen molar-refractivity contribution >= 4 is 5.97 Å². The normalized spacial score (nSPS) is 25.2. The topological polar surface area (TPSA) is 29.5 Å². The zero-order valence-corrected chi connectivity index (χ0v) is 14.2. The van der Waals surface area contributed by atoms with Crippen molar-refractivity contribution in [3.63, 3.8) is 0 Å². The van der Waals surface area contributed by atoms with Crippen molar-refractivity contribution in [1.29, 1.82) is 0 Å². The van der Waals surface area contributed by atoms with Gasteiger partial charge in [-0.1, -0.05) is 38.0 Å². The summed E-state index contributed by atoms with van der Waals surface area (Å²) in [7, 11) is 4.20. The molecule has 0 heterocycles. The lowest BCUT2D eigenvalue weighted by Gasteiger charge is -2.44. The molecule has 1 aliphatic rings. The van der Waals surface area contributed by atoms with Crippen LogP contribution in [0, 0.1) is 5.92 Å². The van der Waals surface area contributed by atoms with Crippen LogP contribution in [-0.4, -0.2) is 37.1 Å². The molecular formula is C19H29NO2. The number of ether oxygens (including phenoxy) is 1. The van der Waals surface area contributed by atoms with Crippen molar-refractivity contribution in [1.82, 2.24) is 4.90 Å². The highest BCUT2D eigenvalue weighted by atomic mass is 16.6. The fraction of sp³-hybridized carbons (Fsp3) is 0.632. The maximum atomic E-state index is 12.6. The standard InChI is InChI=1S/C19H29NO2/c1-4-13-19(14-9-8-12-17(19)15-20(2)3)22-18(21)16-10-6-5-7-11-16/h5-7,10-11,17H,4,8-9,12-15H2,1-3H3. The van der Waals surface area contributed by atoms with Crippen LogP contribution in [-0.2, 0) is 4.74 Å². The van der Waals surface area contributed by atoms with Crippen molar-refractivity contribution in [2.24, 2.45) is 5.92 Å². The Kier molecular flexibility index (Phi) is 6.01. The number of carbonyl (C=O) groups excluding carboxylic acids is 1. The average Bonchev–Trinajstić information content (AvgIpc) is 2.50. The van der Waals surface area contributed by atoms with Crippen molar-refractivity contribution in [2.45, 2.75) is 51.0 Å². The Hall–Kier alpha value is -1.35. The number of rotatable bonds is 6. The van der Waals surface area contributed by atoms with Gasteiger partial charge in [-0.15, -0.1) is 0 Å². The average molecular weight is 303 g/mol. The third-order valence-electron chi connectivity index (χ3n) is 4.71. The molecular weight excluding hydrogens is 274 g/mol. The number of hydrogen-bond donors (Lipinski definition) is 0. The minimum atomic E-state index is -0.288. The van der Waals surface area contributed by atoms with E-state index in [2.05, 4.69) is 25.9 Å². The molecule has 1 aromatic rings. The molecule has 122 valence electrons. The minimum Gasteiger partial charge on any atom is -0.455 e. The number of carbonyl (C=O) groups is 1. The highest BCUT2D eigenvalue weighted by molar-refractivity contribution is 5.89. The summed E-state index contributed by atoms with van der Waals surface area (Å²) in [5.41, 5.74) is 0.372. The summed E-state index contributed by atoms with van der Waals surface area (Å²) < 4.78 is 6.15. The van der Waals surface area contributed by atoms with Gasteiger partial charge in [0.15, 0.2) is 0 Å². The van der Waals surface area contributed by atoms with Crippen LogP contribution in [0.2, 0.25) is 0 Å². The minimum absolute atomic E-state index is 0.167. The molecule has 1 fully saturated rings. The molecule has 3 nitrogen and oxygen atoms in total. The number of nitrogens with zero attached hydrogens (tertiary/aromatic N) is 1. The van der Waals surface area contributed by atoms with Crippen LogP contribution in [0.1, 0.15) is 55.8 Å². The van der Waals surface area contributed by atoms with Crippen LogP contribution in [0.3, 0.4) is 0 Å². The molecule has 1 aromatic carbocycles. The van der Waals surface area contributed by atoms with Crippen LogP contribution in [0.25, 0.3) is 0 Å². The Bertz CT molecular complexity index is 468. The number of hydrogen-bond acceptors (Lipinski definition) is 3. The van der Waals surface area contributed by atoms with E-state index in [0.29, 0.717) is 11.5 Å². The lowest BCUT2D eigenvalue weighted by atomic mass is 9.72. The molecule has 0 amide bonds. The van der Waals surface area contributed by atoms with Crippen molar-refractivity contribution < 1.29 is 9.53 Å². The lowest BCUT2D eigenvalue weighted by Crippen LogP contribution is -2.48. The summed E-state index contributed by atoms with van der Waals surface area (Å²) >= 11 is 0. The van der Waals surface area contributed by atoms with Crippen molar-refractivity contribution in [3.05, 3.63) is 35.9 Å². The summed E-state index contributed by atoms with van der Waals surface area (Å²) in [5, 5.41) is 0. The Morgan fingerprint density at radius 2 is 2.00 bits per heavy atom. The van der Waals surface area contributed by atoms with E-state index in [0.717, 1.165) is 38.6 Å². The van der Waals surface area contributed by atoms with E-state index in [-0.39, 0.29) is 11.6 Å². The predicted molar refractivity (Wildman–Crippen MR) is 90.0 cm³/mol. The predicted octanol–water partition coefficient (Wildman–Crippen LogP) is 4.13. The van der Waals surface area contributed by atoms with Crippen LogP contribution in [0.15, 0.2) is 30.3 Å². The molecule has 0 spiro atoms. The Morgan fingerprint density at radius 1 is 1.27 bits per heavy atom. The van der Waals surface area contributed by atoms with Gasteiger partial charge in [0, 0.05) is 12.5 Å². The van der Waals surface area contributed by atoms with Crippen molar-refractivity contribution in [3.8, 4) is 0 Å². The first-order chi connectivity index (χ1) is 10.6. The van der Waals surface area contributed by atoms with Gasteiger partial charge in [0.05, 0.1) is 5.56 Å². The molecule has 0 radical (unpaired) electrons. The van der Waals surface area contributed by atoms with Gasteiger partial charge < -0.3 is 9.64 Å². The van der Waals surface area contributed by atoms with E-state index in [1.165, 1.54) is 6.42 Å². The molecule has 1 aliphatic carbocycles. The Balaban J connectivity index is 2.20. The van der Waals surface area contributed by atoms with Crippen molar-refractivity contribution in [2.75, 3.05) is 20.6 Å². The molecule has 0 aliphatic heterocycles. The molecule has 1 saturated carbocycles. The highest BCUT2D eigenvalue weighted by Crippen LogP contribution is 2.41. The van der Waals surface area contributed by atoms with Gasteiger partial charge >= 0.3 is 5.97 Å². The van der Waals surface area contributed by atoms with E-state index in [1.807, 2.05) is 30.3 Å². The zero-order valence-electron chi connectivity index (χ0n) is 14.2. The van der Waals surface area contributed by atoms with Crippen LogP contribution < -0.4 is 0 Å². The van der Waals surface area contributed by atoms with Gasteiger partial charge in [0.2, 0.25) is 0 Å². The molecule has 0 N–H and O–H groups in total. The molecule has 0 saturated heterocycles. The highest BCUT2D eigenvalue weighted by Gasteiger charge is 2.43. The molecule has 2 atom stereocenters.